The fourth-order valence-corrected chi connectivity index (χ4v) is 2.21. The first kappa shape index (κ1) is 14.9. The third-order valence-corrected chi connectivity index (χ3v) is 3.35. The maximum atomic E-state index is 13.7. The standard InChI is InChI=1S/C15H14BrF2NO/c1-9-2-4-10(5-3-9)14(8-19)20-13-7-11(16)6-12(17)15(13)18/h2-7,14H,8,19H2,1H3. The summed E-state index contributed by atoms with van der Waals surface area (Å²) in [5, 5.41) is 0. The fourth-order valence-electron chi connectivity index (χ4n) is 1.80. The van der Waals surface area contributed by atoms with Gasteiger partial charge in [-0.25, -0.2) is 4.39 Å². The van der Waals surface area contributed by atoms with Gasteiger partial charge in [-0.1, -0.05) is 45.8 Å². The number of benzene rings is 2. The van der Waals surface area contributed by atoms with E-state index in [1.807, 2.05) is 31.2 Å². The van der Waals surface area contributed by atoms with E-state index in [-0.39, 0.29) is 12.3 Å². The zero-order chi connectivity index (χ0) is 14.7. The topological polar surface area (TPSA) is 35.2 Å². The molecule has 5 heteroatoms. The Labute approximate surface area is 124 Å². The minimum absolute atomic E-state index is 0.159. The summed E-state index contributed by atoms with van der Waals surface area (Å²) in [4.78, 5) is 0. The Bertz CT molecular complexity index is 602. The largest absolute Gasteiger partial charge is 0.481 e. The molecule has 0 aromatic heterocycles. The first-order valence-electron chi connectivity index (χ1n) is 6.09. The van der Waals surface area contributed by atoms with Crippen LogP contribution in [-0.4, -0.2) is 6.54 Å². The highest BCUT2D eigenvalue weighted by molar-refractivity contribution is 9.10. The number of ether oxygens (including phenoxy) is 1. The molecular formula is C15H14BrF2NO. The van der Waals surface area contributed by atoms with Crippen molar-refractivity contribution in [3.05, 3.63) is 63.6 Å². The van der Waals surface area contributed by atoms with Crippen molar-refractivity contribution in [2.45, 2.75) is 13.0 Å². The maximum absolute atomic E-state index is 13.7. The van der Waals surface area contributed by atoms with E-state index in [0.717, 1.165) is 17.2 Å². The molecule has 2 rings (SSSR count). The Morgan fingerprint density at radius 2 is 1.85 bits per heavy atom. The van der Waals surface area contributed by atoms with E-state index in [2.05, 4.69) is 15.9 Å². The van der Waals surface area contributed by atoms with Crippen molar-refractivity contribution in [3.63, 3.8) is 0 Å². The zero-order valence-corrected chi connectivity index (χ0v) is 12.5. The Kier molecular flexibility index (Phi) is 4.73. The van der Waals surface area contributed by atoms with Crippen LogP contribution >= 0.6 is 15.9 Å². The fraction of sp³-hybridized carbons (Fsp3) is 0.200. The van der Waals surface area contributed by atoms with Crippen LogP contribution in [0.25, 0.3) is 0 Å². The molecule has 0 amide bonds. The summed E-state index contributed by atoms with van der Waals surface area (Å²) in [6, 6.07) is 9.98. The summed E-state index contributed by atoms with van der Waals surface area (Å²) >= 11 is 3.11. The number of nitrogens with two attached hydrogens (primary N) is 1. The van der Waals surface area contributed by atoms with Gasteiger partial charge in [-0.2, -0.15) is 4.39 Å². The summed E-state index contributed by atoms with van der Waals surface area (Å²) in [7, 11) is 0. The van der Waals surface area contributed by atoms with Gasteiger partial charge in [0.2, 0.25) is 5.82 Å². The Morgan fingerprint density at radius 1 is 1.20 bits per heavy atom. The minimum Gasteiger partial charge on any atom is -0.481 e. The van der Waals surface area contributed by atoms with E-state index in [0.29, 0.717) is 4.47 Å². The molecule has 1 atom stereocenters. The van der Waals surface area contributed by atoms with E-state index in [1.165, 1.54) is 6.07 Å². The third kappa shape index (κ3) is 3.35. The molecule has 0 saturated heterocycles. The van der Waals surface area contributed by atoms with Crippen molar-refractivity contribution in [3.8, 4) is 5.75 Å². The first-order valence-corrected chi connectivity index (χ1v) is 6.88. The molecule has 2 nitrogen and oxygen atoms in total. The van der Waals surface area contributed by atoms with Crippen LogP contribution in [0.4, 0.5) is 8.78 Å². The number of halogens is 3. The van der Waals surface area contributed by atoms with Crippen LogP contribution in [0.1, 0.15) is 17.2 Å². The molecule has 0 heterocycles. The molecule has 0 saturated carbocycles. The van der Waals surface area contributed by atoms with Crippen molar-refractivity contribution in [2.75, 3.05) is 6.54 Å². The van der Waals surface area contributed by atoms with E-state index in [4.69, 9.17) is 10.5 Å². The second kappa shape index (κ2) is 6.33. The molecule has 0 spiro atoms. The highest BCUT2D eigenvalue weighted by atomic mass is 79.9. The normalized spacial score (nSPS) is 12.2. The molecule has 0 fully saturated rings. The molecule has 0 aliphatic carbocycles. The third-order valence-electron chi connectivity index (χ3n) is 2.89. The molecule has 2 N–H and O–H groups in total. The van der Waals surface area contributed by atoms with E-state index in [9.17, 15) is 8.78 Å². The van der Waals surface area contributed by atoms with Crippen LogP contribution in [0.2, 0.25) is 0 Å². The highest BCUT2D eigenvalue weighted by Gasteiger charge is 2.17. The Hall–Kier alpha value is -1.46. The van der Waals surface area contributed by atoms with E-state index < -0.39 is 17.7 Å². The second-order valence-electron chi connectivity index (χ2n) is 4.45. The van der Waals surface area contributed by atoms with Gasteiger partial charge in [0.05, 0.1) is 0 Å². The number of aryl methyl sites for hydroxylation is 1. The van der Waals surface area contributed by atoms with Gasteiger partial charge in [0, 0.05) is 11.0 Å². The summed E-state index contributed by atoms with van der Waals surface area (Å²) < 4.78 is 33.0. The monoisotopic (exact) mass is 341 g/mol. The van der Waals surface area contributed by atoms with Crippen LogP contribution in [0, 0.1) is 18.6 Å². The molecule has 0 bridgehead atoms. The lowest BCUT2D eigenvalue weighted by atomic mass is 10.1. The predicted octanol–water partition coefficient (Wildman–Crippen LogP) is 4.11. The number of hydrogen-bond acceptors (Lipinski definition) is 2. The van der Waals surface area contributed by atoms with Crippen LogP contribution in [0.3, 0.4) is 0 Å². The summed E-state index contributed by atoms with van der Waals surface area (Å²) in [5.74, 6) is -2.14. The molecule has 0 radical (unpaired) electrons. The van der Waals surface area contributed by atoms with Gasteiger partial charge in [0.15, 0.2) is 11.6 Å². The molecular weight excluding hydrogens is 328 g/mol. The van der Waals surface area contributed by atoms with Gasteiger partial charge < -0.3 is 10.5 Å². The number of rotatable bonds is 4. The van der Waals surface area contributed by atoms with Crippen LogP contribution in [0.15, 0.2) is 40.9 Å². The lowest BCUT2D eigenvalue weighted by Gasteiger charge is -2.18. The van der Waals surface area contributed by atoms with Gasteiger partial charge in [0.25, 0.3) is 0 Å². The van der Waals surface area contributed by atoms with Gasteiger partial charge in [-0.15, -0.1) is 0 Å². The maximum Gasteiger partial charge on any atom is 0.200 e. The summed E-state index contributed by atoms with van der Waals surface area (Å²) in [5.41, 5.74) is 7.58. The van der Waals surface area contributed by atoms with Gasteiger partial charge in [0.1, 0.15) is 6.10 Å². The van der Waals surface area contributed by atoms with Crippen molar-refractivity contribution in [2.24, 2.45) is 5.73 Å². The molecule has 1 unspecified atom stereocenters. The molecule has 0 aliphatic heterocycles. The van der Waals surface area contributed by atoms with Crippen molar-refractivity contribution in [1.29, 1.82) is 0 Å². The van der Waals surface area contributed by atoms with Gasteiger partial charge in [-0.3, -0.25) is 0 Å². The lowest BCUT2D eigenvalue weighted by Crippen LogP contribution is -2.19. The van der Waals surface area contributed by atoms with Crippen molar-refractivity contribution >= 4 is 15.9 Å². The SMILES string of the molecule is Cc1ccc(C(CN)Oc2cc(Br)cc(F)c2F)cc1. The smallest absolute Gasteiger partial charge is 0.200 e. The summed E-state index contributed by atoms with van der Waals surface area (Å²) in [6.07, 6.45) is -0.529. The average Bonchev–Trinajstić information content (AvgIpc) is 2.42. The summed E-state index contributed by atoms with van der Waals surface area (Å²) in [6.45, 7) is 2.13. The van der Waals surface area contributed by atoms with Crippen molar-refractivity contribution < 1.29 is 13.5 Å². The zero-order valence-electron chi connectivity index (χ0n) is 10.9. The van der Waals surface area contributed by atoms with Crippen LogP contribution in [0.5, 0.6) is 5.75 Å². The van der Waals surface area contributed by atoms with Gasteiger partial charge >= 0.3 is 0 Å². The highest BCUT2D eigenvalue weighted by Crippen LogP contribution is 2.29. The first-order chi connectivity index (χ1) is 9.51. The minimum atomic E-state index is -1.02. The quantitative estimate of drug-likeness (QED) is 0.849. The molecule has 106 valence electrons. The number of hydrogen-bond donors (Lipinski definition) is 1. The predicted molar refractivity (Wildman–Crippen MR) is 77.7 cm³/mol. The Balaban J connectivity index is 2.29. The van der Waals surface area contributed by atoms with Crippen LogP contribution < -0.4 is 10.5 Å². The van der Waals surface area contributed by atoms with Crippen LogP contribution in [-0.2, 0) is 0 Å². The van der Waals surface area contributed by atoms with E-state index in [1.54, 1.807) is 0 Å². The molecule has 0 aliphatic rings. The molecule has 20 heavy (non-hydrogen) atoms. The molecule has 2 aromatic rings. The second-order valence-corrected chi connectivity index (χ2v) is 5.37. The average molecular weight is 342 g/mol. The van der Waals surface area contributed by atoms with E-state index >= 15 is 0 Å². The Morgan fingerprint density at radius 3 is 2.45 bits per heavy atom. The molecule has 2 aromatic carbocycles. The van der Waals surface area contributed by atoms with Gasteiger partial charge in [-0.05, 0) is 24.6 Å². The van der Waals surface area contributed by atoms with Crippen molar-refractivity contribution in [1.82, 2.24) is 0 Å². The lowest BCUT2D eigenvalue weighted by molar-refractivity contribution is 0.202.